The van der Waals surface area contributed by atoms with Crippen LogP contribution in [0.4, 0.5) is 0 Å². The van der Waals surface area contributed by atoms with Crippen LogP contribution in [0.1, 0.15) is 31.0 Å². The minimum absolute atomic E-state index is 0.187. The third kappa shape index (κ3) is 3.70. The van der Waals surface area contributed by atoms with Gasteiger partial charge in [0.15, 0.2) is 0 Å². The highest BCUT2D eigenvalue weighted by Gasteiger charge is 2.05. The summed E-state index contributed by atoms with van der Waals surface area (Å²) in [7, 11) is 0. The number of nitriles is 1. The molecule has 0 fully saturated rings. The predicted molar refractivity (Wildman–Crippen MR) is 59.3 cm³/mol. The van der Waals surface area contributed by atoms with Crippen LogP contribution in [-0.4, -0.2) is 17.8 Å². The molecule has 3 nitrogen and oxygen atoms in total. The van der Waals surface area contributed by atoms with Gasteiger partial charge in [-0.1, -0.05) is 12.1 Å². The Balaban J connectivity index is 2.58. The van der Waals surface area contributed by atoms with Crippen molar-refractivity contribution in [2.24, 2.45) is 0 Å². The summed E-state index contributed by atoms with van der Waals surface area (Å²) in [6.07, 6.45) is -0.342. The van der Waals surface area contributed by atoms with E-state index in [0.717, 1.165) is 5.56 Å². The van der Waals surface area contributed by atoms with E-state index in [-0.39, 0.29) is 12.1 Å². The SMILES string of the molecule is CC(O)CNC(C)c1ccc(C#N)cc1. The largest absolute Gasteiger partial charge is 0.392 e. The van der Waals surface area contributed by atoms with Gasteiger partial charge in [-0.05, 0) is 31.5 Å². The lowest BCUT2D eigenvalue weighted by Gasteiger charge is -2.15. The lowest BCUT2D eigenvalue weighted by molar-refractivity contribution is 0.187. The zero-order chi connectivity index (χ0) is 11.3. The lowest BCUT2D eigenvalue weighted by Crippen LogP contribution is -2.27. The zero-order valence-electron chi connectivity index (χ0n) is 9.07. The predicted octanol–water partition coefficient (Wildman–Crippen LogP) is 1.59. The summed E-state index contributed by atoms with van der Waals surface area (Å²) in [5.41, 5.74) is 1.79. The fraction of sp³-hybridized carbons (Fsp3) is 0.417. The Labute approximate surface area is 90.4 Å². The zero-order valence-corrected chi connectivity index (χ0v) is 9.07. The molecule has 2 atom stereocenters. The average Bonchev–Trinajstić information content (AvgIpc) is 2.26. The molecule has 1 aromatic carbocycles. The maximum Gasteiger partial charge on any atom is 0.0991 e. The molecule has 0 aromatic heterocycles. The van der Waals surface area contributed by atoms with Crippen molar-refractivity contribution >= 4 is 0 Å². The Morgan fingerprint density at radius 2 is 1.93 bits per heavy atom. The number of aliphatic hydroxyl groups excluding tert-OH is 1. The number of aliphatic hydroxyl groups is 1. The van der Waals surface area contributed by atoms with Crippen molar-refractivity contribution in [1.82, 2.24) is 5.32 Å². The van der Waals surface area contributed by atoms with Crippen LogP contribution in [0.15, 0.2) is 24.3 Å². The van der Waals surface area contributed by atoms with Gasteiger partial charge in [0, 0.05) is 12.6 Å². The second-order valence-electron chi connectivity index (χ2n) is 3.71. The highest BCUT2D eigenvalue weighted by Crippen LogP contribution is 2.12. The minimum Gasteiger partial charge on any atom is -0.392 e. The van der Waals surface area contributed by atoms with Gasteiger partial charge in [0.05, 0.1) is 17.7 Å². The van der Waals surface area contributed by atoms with E-state index >= 15 is 0 Å². The molecule has 0 aliphatic heterocycles. The molecule has 0 bridgehead atoms. The first-order chi connectivity index (χ1) is 7.13. The molecule has 3 heteroatoms. The van der Waals surface area contributed by atoms with Crippen molar-refractivity contribution in [1.29, 1.82) is 5.26 Å². The molecular weight excluding hydrogens is 188 g/mol. The smallest absolute Gasteiger partial charge is 0.0991 e. The Bertz CT molecular complexity index is 338. The third-order valence-corrected chi connectivity index (χ3v) is 2.26. The van der Waals surface area contributed by atoms with Crippen LogP contribution in [0.3, 0.4) is 0 Å². The van der Waals surface area contributed by atoms with E-state index < -0.39 is 0 Å². The topological polar surface area (TPSA) is 56.0 Å². The summed E-state index contributed by atoms with van der Waals surface area (Å²) < 4.78 is 0. The summed E-state index contributed by atoms with van der Waals surface area (Å²) in [6.45, 7) is 4.35. The van der Waals surface area contributed by atoms with Gasteiger partial charge in [-0.2, -0.15) is 5.26 Å². The number of benzene rings is 1. The van der Waals surface area contributed by atoms with E-state index in [1.807, 2.05) is 19.1 Å². The molecule has 0 amide bonds. The second-order valence-corrected chi connectivity index (χ2v) is 3.71. The van der Waals surface area contributed by atoms with E-state index in [4.69, 9.17) is 10.4 Å². The van der Waals surface area contributed by atoms with Crippen LogP contribution >= 0.6 is 0 Å². The summed E-state index contributed by atoms with van der Waals surface area (Å²) in [4.78, 5) is 0. The lowest BCUT2D eigenvalue weighted by atomic mass is 10.1. The number of rotatable bonds is 4. The van der Waals surface area contributed by atoms with Crippen LogP contribution < -0.4 is 5.32 Å². The highest BCUT2D eigenvalue weighted by atomic mass is 16.3. The Morgan fingerprint density at radius 1 is 1.33 bits per heavy atom. The van der Waals surface area contributed by atoms with Gasteiger partial charge >= 0.3 is 0 Å². The van der Waals surface area contributed by atoms with E-state index in [2.05, 4.69) is 11.4 Å². The van der Waals surface area contributed by atoms with Gasteiger partial charge in [0.1, 0.15) is 0 Å². The van der Waals surface area contributed by atoms with Crippen LogP contribution in [0, 0.1) is 11.3 Å². The first kappa shape index (κ1) is 11.7. The van der Waals surface area contributed by atoms with E-state index in [1.54, 1.807) is 19.1 Å². The highest BCUT2D eigenvalue weighted by molar-refractivity contribution is 5.32. The van der Waals surface area contributed by atoms with Crippen molar-refractivity contribution in [3.05, 3.63) is 35.4 Å². The molecular formula is C12H16N2O. The number of hydrogen-bond donors (Lipinski definition) is 2. The molecule has 0 aliphatic carbocycles. The van der Waals surface area contributed by atoms with Crippen LogP contribution in [0.25, 0.3) is 0 Å². The molecule has 15 heavy (non-hydrogen) atoms. The Kier molecular flexibility index (Phi) is 4.29. The average molecular weight is 204 g/mol. The molecule has 2 N–H and O–H groups in total. The van der Waals surface area contributed by atoms with Crippen LogP contribution in [0.2, 0.25) is 0 Å². The normalized spacial score (nSPS) is 14.3. The van der Waals surface area contributed by atoms with Gasteiger partial charge < -0.3 is 10.4 Å². The van der Waals surface area contributed by atoms with E-state index in [9.17, 15) is 0 Å². The molecule has 1 aromatic rings. The Hall–Kier alpha value is -1.37. The van der Waals surface area contributed by atoms with Gasteiger partial charge in [0.2, 0.25) is 0 Å². The van der Waals surface area contributed by atoms with Crippen molar-refractivity contribution in [3.63, 3.8) is 0 Å². The standard InChI is InChI=1S/C12H16N2O/c1-9(15)8-14-10(2)12-5-3-11(7-13)4-6-12/h3-6,9-10,14-15H,8H2,1-2H3. The van der Waals surface area contributed by atoms with Crippen molar-refractivity contribution in [2.75, 3.05) is 6.54 Å². The number of nitrogens with one attached hydrogen (secondary N) is 1. The van der Waals surface area contributed by atoms with E-state index in [0.29, 0.717) is 12.1 Å². The summed E-state index contributed by atoms with van der Waals surface area (Å²) in [5, 5.41) is 21.0. The summed E-state index contributed by atoms with van der Waals surface area (Å²) in [5.74, 6) is 0. The van der Waals surface area contributed by atoms with Crippen LogP contribution in [-0.2, 0) is 0 Å². The van der Waals surface area contributed by atoms with E-state index in [1.165, 1.54) is 0 Å². The van der Waals surface area contributed by atoms with Crippen LogP contribution in [0.5, 0.6) is 0 Å². The third-order valence-electron chi connectivity index (χ3n) is 2.26. The molecule has 0 saturated carbocycles. The molecule has 0 aliphatic rings. The van der Waals surface area contributed by atoms with Crippen molar-refractivity contribution in [2.45, 2.75) is 26.0 Å². The number of nitrogens with zero attached hydrogens (tertiary/aromatic N) is 1. The van der Waals surface area contributed by atoms with Gasteiger partial charge in [-0.25, -0.2) is 0 Å². The van der Waals surface area contributed by atoms with Crippen molar-refractivity contribution < 1.29 is 5.11 Å². The fourth-order valence-corrected chi connectivity index (χ4v) is 1.31. The first-order valence-corrected chi connectivity index (χ1v) is 5.05. The maximum atomic E-state index is 9.12. The maximum absolute atomic E-state index is 9.12. The quantitative estimate of drug-likeness (QED) is 0.783. The molecule has 0 saturated heterocycles. The van der Waals surface area contributed by atoms with Gasteiger partial charge in [-0.3, -0.25) is 0 Å². The molecule has 2 unspecified atom stereocenters. The monoisotopic (exact) mass is 204 g/mol. The molecule has 80 valence electrons. The molecule has 0 spiro atoms. The molecule has 0 radical (unpaired) electrons. The second kappa shape index (κ2) is 5.50. The molecule has 1 rings (SSSR count). The van der Waals surface area contributed by atoms with Gasteiger partial charge in [0.25, 0.3) is 0 Å². The summed E-state index contributed by atoms with van der Waals surface area (Å²) in [6, 6.07) is 9.73. The number of hydrogen-bond acceptors (Lipinski definition) is 3. The minimum atomic E-state index is -0.342. The summed E-state index contributed by atoms with van der Waals surface area (Å²) >= 11 is 0. The first-order valence-electron chi connectivity index (χ1n) is 5.05. The van der Waals surface area contributed by atoms with Crippen molar-refractivity contribution in [3.8, 4) is 6.07 Å². The Morgan fingerprint density at radius 3 is 2.40 bits per heavy atom. The fourth-order valence-electron chi connectivity index (χ4n) is 1.31. The van der Waals surface area contributed by atoms with Gasteiger partial charge in [-0.15, -0.1) is 0 Å². The molecule has 0 heterocycles.